The quantitative estimate of drug-likeness (QED) is 0.444. The number of amides is 1. The Hall–Kier alpha value is -3.75. The van der Waals surface area contributed by atoms with Gasteiger partial charge in [0.1, 0.15) is 17.1 Å². The van der Waals surface area contributed by atoms with Crippen molar-refractivity contribution < 1.29 is 9.53 Å². The van der Waals surface area contributed by atoms with Gasteiger partial charge in [-0.1, -0.05) is 0 Å². The fourth-order valence-corrected chi connectivity index (χ4v) is 4.92. The molecular weight excluding hydrogens is 454 g/mol. The van der Waals surface area contributed by atoms with Crippen LogP contribution in [0.3, 0.4) is 0 Å². The minimum atomic E-state index is -0.509. The lowest BCUT2D eigenvalue weighted by Gasteiger charge is -2.36. The number of ether oxygens (including phenoxy) is 1. The molecule has 1 saturated carbocycles. The van der Waals surface area contributed by atoms with Crippen LogP contribution in [0.2, 0.25) is 0 Å². The molecule has 1 N–H and O–H groups in total. The molecule has 5 heterocycles. The van der Waals surface area contributed by atoms with Crippen molar-refractivity contribution in [2.45, 2.75) is 52.1 Å². The number of hydrogen-bond donors (Lipinski definition) is 1. The van der Waals surface area contributed by atoms with Gasteiger partial charge < -0.3 is 19.5 Å². The maximum Gasteiger partial charge on any atom is 0.410 e. The Morgan fingerprint density at radius 3 is 2.61 bits per heavy atom. The molecular formula is C27H31N7O2. The monoisotopic (exact) mass is 485 g/mol. The molecule has 0 spiro atoms. The Labute approximate surface area is 209 Å². The highest BCUT2D eigenvalue weighted by atomic mass is 16.6. The lowest BCUT2D eigenvalue weighted by molar-refractivity contribution is 0.0240. The molecule has 9 nitrogen and oxygen atoms in total. The minimum absolute atomic E-state index is 0.264. The molecule has 0 bridgehead atoms. The van der Waals surface area contributed by atoms with E-state index in [9.17, 15) is 4.79 Å². The zero-order chi connectivity index (χ0) is 25.0. The number of rotatable bonds is 3. The van der Waals surface area contributed by atoms with Crippen molar-refractivity contribution in [1.29, 1.82) is 0 Å². The molecule has 1 aliphatic heterocycles. The standard InChI is InChI=1S/C27H31N7O2/c1-16-13-19-18(7-8-29-23(19)30-16)24-31-21-15-28-14-20(17-5-6-17)22(21)25(32-24)33-9-11-34(12-10-33)26(35)36-27(2,3)4/h7-8,13-15,17H,5-6,9-12H2,1-4H3,(H,29,30). The third-order valence-corrected chi connectivity index (χ3v) is 6.77. The average molecular weight is 486 g/mol. The number of nitrogens with zero attached hydrogens (tertiary/aromatic N) is 6. The number of aromatic nitrogens is 5. The first-order chi connectivity index (χ1) is 17.3. The number of H-pyrrole nitrogens is 1. The molecule has 186 valence electrons. The van der Waals surface area contributed by atoms with Gasteiger partial charge >= 0.3 is 6.09 Å². The first-order valence-corrected chi connectivity index (χ1v) is 12.6. The Balaban J connectivity index is 1.41. The van der Waals surface area contributed by atoms with Gasteiger partial charge in [-0.3, -0.25) is 4.98 Å². The number of anilines is 1. The van der Waals surface area contributed by atoms with Gasteiger partial charge in [0, 0.05) is 60.6 Å². The van der Waals surface area contributed by atoms with Crippen molar-refractivity contribution in [2.75, 3.05) is 31.1 Å². The van der Waals surface area contributed by atoms with Crippen LogP contribution in [0.15, 0.2) is 30.7 Å². The predicted octanol–water partition coefficient (Wildman–Crippen LogP) is 4.81. The molecule has 0 atom stereocenters. The van der Waals surface area contributed by atoms with Gasteiger partial charge in [0.15, 0.2) is 5.82 Å². The lowest BCUT2D eigenvalue weighted by Crippen LogP contribution is -2.50. The van der Waals surface area contributed by atoms with E-state index in [4.69, 9.17) is 14.7 Å². The van der Waals surface area contributed by atoms with Crippen molar-refractivity contribution in [3.8, 4) is 11.4 Å². The maximum atomic E-state index is 12.6. The summed E-state index contributed by atoms with van der Waals surface area (Å²) in [6.07, 6.45) is 7.68. The summed E-state index contributed by atoms with van der Waals surface area (Å²) < 4.78 is 5.59. The van der Waals surface area contributed by atoms with E-state index in [1.165, 1.54) is 18.4 Å². The minimum Gasteiger partial charge on any atom is -0.444 e. The van der Waals surface area contributed by atoms with Crippen molar-refractivity contribution in [3.05, 3.63) is 42.0 Å². The largest absolute Gasteiger partial charge is 0.444 e. The van der Waals surface area contributed by atoms with E-state index < -0.39 is 5.60 Å². The Morgan fingerprint density at radius 1 is 1.11 bits per heavy atom. The number of pyridine rings is 2. The molecule has 2 fully saturated rings. The summed E-state index contributed by atoms with van der Waals surface area (Å²) in [5, 5.41) is 2.08. The number of hydrogen-bond acceptors (Lipinski definition) is 7. The molecule has 0 radical (unpaired) electrons. The van der Waals surface area contributed by atoms with Crippen LogP contribution in [0, 0.1) is 6.92 Å². The third-order valence-electron chi connectivity index (χ3n) is 6.77. The van der Waals surface area contributed by atoms with Crippen LogP contribution in [0.4, 0.5) is 10.6 Å². The average Bonchev–Trinajstić information content (AvgIpc) is 3.62. The Morgan fingerprint density at radius 2 is 1.89 bits per heavy atom. The fourth-order valence-electron chi connectivity index (χ4n) is 4.92. The van der Waals surface area contributed by atoms with Crippen LogP contribution in [0.25, 0.3) is 33.3 Å². The highest BCUT2D eigenvalue weighted by molar-refractivity contribution is 5.97. The normalized spacial score (nSPS) is 16.7. The number of carbonyl (C=O) groups excluding carboxylic acids is 1. The SMILES string of the molecule is Cc1cc2c(-c3nc(N4CCN(C(=O)OC(C)(C)C)CC4)c4c(C5CC5)cncc4n3)ccnc2[nH]1. The number of fused-ring (bicyclic) bond motifs is 2. The van der Waals surface area contributed by atoms with Gasteiger partial charge in [0.25, 0.3) is 0 Å². The highest BCUT2D eigenvalue weighted by Crippen LogP contribution is 2.45. The van der Waals surface area contributed by atoms with Crippen LogP contribution < -0.4 is 4.90 Å². The van der Waals surface area contributed by atoms with Crippen molar-refractivity contribution in [3.63, 3.8) is 0 Å². The number of nitrogens with one attached hydrogen (secondary N) is 1. The van der Waals surface area contributed by atoms with E-state index in [0.717, 1.165) is 39.0 Å². The van der Waals surface area contributed by atoms with Crippen LogP contribution in [-0.4, -0.2) is 67.7 Å². The molecule has 9 heteroatoms. The van der Waals surface area contributed by atoms with E-state index in [2.05, 4.69) is 25.9 Å². The molecule has 1 saturated heterocycles. The second-order valence-electron chi connectivity index (χ2n) is 10.8. The van der Waals surface area contributed by atoms with Gasteiger partial charge in [-0.2, -0.15) is 0 Å². The summed E-state index contributed by atoms with van der Waals surface area (Å²) in [5.74, 6) is 2.09. The summed E-state index contributed by atoms with van der Waals surface area (Å²) in [6, 6.07) is 4.06. The van der Waals surface area contributed by atoms with Gasteiger partial charge in [0.2, 0.25) is 0 Å². The summed E-state index contributed by atoms with van der Waals surface area (Å²) in [5.41, 5.74) is 4.38. The van der Waals surface area contributed by atoms with Gasteiger partial charge in [-0.15, -0.1) is 0 Å². The molecule has 1 amide bonds. The summed E-state index contributed by atoms with van der Waals surface area (Å²) in [6.45, 7) is 10.2. The number of aryl methyl sites for hydroxylation is 1. The summed E-state index contributed by atoms with van der Waals surface area (Å²) in [4.78, 5) is 39.2. The van der Waals surface area contributed by atoms with E-state index >= 15 is 0 Å². The first kappa shape index (κ1) is 22.7. The zero-order valence-electron chi connectivity index (χ0n) is 21.2. The first-order valence-electron chi connectivity index (χ1n) is 12.6. The lowest BCUT2D eigenvalue weighted by atomic mass is 10.1. The number of piperazine rings is 1. The molecule has 1 aliphatic carbocycles. The zero-order valence-corrected chi connectivity index (χ0v) is 21.2. The maximum absolute atomic E-state index is 12.6. The highest BCUT2D eigenvalue weighted by Gasteiger charge is 2.31. The summed E-state index contributed by atoms with van der Waals surface area (Å²) in [7, 11) is 0. The van der Waals surface area contributed by atoms with E-state index in [1.54, 1.807) is 11.1 Å². The van der Waals surface area contributed by atoms with Gasteiger partial charge in [0.05, 0.1) is 11.7 Å². The van der Waals surface area contributed by atoms with Crippen LogP contribution in [0.1, 0.15) is 50.8 Å². The van der Waals surface area contributed by atoms with Crippen LogP contribution >= 0.6 is 0 Å². The second kappa shape index (κ2) is 8.43. The number of aromatic amines is 1. The molecule has 0 aromatic carbocycles. The van der Waals surface area contributed by atoms with Gasteiger partial charge in [-0.05, 0) is 64.2 Å². The smallest absolute Gasteiger partial charge is 0.410 e. The summed E-state index contributed by atoms with van der Waals surface area (Å²) >= 11 is 0. The molecule has 36 heavy (non-hydrogen) atoms. The van der Waals surface area contributed by atoms with Gasteiger partial charge in [-0.25, -0.2) is 19.7 Å². The fraction of sp³-hybridized carbons (Fsp3) is 0.444. The van der Waals surface area contributed by atoms with E-state index in [-0.39, 0.29) is 6.09 Å². The van der Waals surface area contributed by atoms with Crippen molar-refractivity contribution >= 4 is 33.8 Å². The number of carbonyl (C=O) groups is 1. The third kappa shape index (κ3) is 4.23. The molecule has 0 unspecified atom stereocenters. The van der Waals surface area contributed by atoms with Crippen LogP contribution in [0.5, 0.6) is 0 Å². The topological polar surface area (TPSA) is 100 Å². The molecule has 4 aromatic heterocycles. The second-order valence-corrected chi connectivity index (χ2v) is 10.8. The Bertz CT molecular complexity index is 1460. The Kier molecular flexibility index (Phi) is 5.31. The molecule has 4 aromatic rings. The predicted molar refractivity (Wildman–Crippen MR) is 139 cm³/mol. The van der Waals surface area contributed by atoms with E-state index in [1.807, 2.05) is 46.2 Å². The van der Waals surface area contributed by atoms with Crippen LogP contribution in [-0.2, 0) is 4.74 Å². The van der Waals surface area contributed by atoms with Crippen molar-refractivity contribution in [2.24, 2.45) is 0 Å². The molecule has 2 aliphatic rings. The van der Waals surface area contributed by atoms with Crippen molar-refractivity contribution in [1.82, 2.24) is 29.8 Å². The molecule has 6 rings (SSSR count). The van der Waals surface area contributed by atoms with E-state index in [0.29, 0.717) is 37.9 Å².